The number of benzene rings is 1. The normalized spacial score (nSPS) is 12.4. The van der Waals surface area contributed by atoms with E-state index in [9.17, 15) is 5.11 Å². The Kier molecular flexibility index (Phi) is 3.99. The van der Waals surface area contributed by atoms with E-state index in [1.807, 2.05) is 35.0 Å². The predicted octanol–water partition coefficient (Wildman–Crippen LogP) is 2.54. The highest BCUT2D eigenvalue weighted by molar-refractivity contribution is 5.29. The van der Waals surface area contributed by atoms with Gasteiger partial charge in [0.05, 0.1) is 24.3 Å². The van der Waals surface area contributed by atoms with E-state index in [0.717, 1.165) is 23.6 Å². The average Bonchev–Trinajstić information content (AvgIpc) is 2.84. The summed E-state index contributed by atoms with van der Waals surface area (Å²) in [5.74, 6) is 0.761. The third-order valence-electron chi connectivity index (χ3n) is 2.87. The maximum Gasteiger partial charge on any atom is 0.130 e. The molecule has 0 bridgehead atoms. The van der Waals surface area contributed by atoms with Gasteiger partial charge < -0.3 is 14.4 Å². The van der Waals surface area contributed by atoms with Crippen LogP contribution in [-0.2, 0) is 13.2 Å². The van der Waals surface area contributed by atoms with Crippen LogP contribution in [0.15, 0.2) is 36.8 Å². The van der Waals surface area contributed by atoms with Crippen LogP contribution in [0.3, 0.4) is 0 Å². The molecular weight excluding hydrogens is 228 g/mol. The number of aliphatic hydroxyl groups excluding tert-OH is 1. The molecule has 1 heterocycles. The molecule has 4 nitrogen and oxygen atoms in total. The van der Waals surface area contributed by atoms with E-state index in [1.54, 1.807) is 13.3 Å². The van der Waals surface area contributed by atoms with Crippen molar-refractivity contribution in [3.63, 3.8) is 0 Å². The summed E-state index contributed by atoms with van der Waals surface area (Å²) < 4.78 is 7.75. The molecule has 1 atom stereocenters. The first-order valence-electron chi connectivity index (χ1n) is 6.10. The summed E-state index contributed by atoms with van der Waals surface area (Å²) in [7, 11) is 0. The van der Waals surface area contributed by atoms with E-state index < -0.39 is 6.10 Å². The first-order chi connectivity index (χ1) is 8.70. The average molecular weight is 246 g/mol. The van der Waals surface area contributed by atoms with Crippen LogP contribution in [0.25, 0.3) is 0 Å². The second-order valence-electron chi connectivity index (χ2n) is 4.21. The molecule has 0 spiro atoms. The van der Waals surface area contributed by atoms with Gasteiger partial charge in [-0.05, 0) is 31.5 Å². The Morgan fingerprint density at radius 1 is 1.44 bits per heavy atom. The summed E-state index contributed by atoms with van der Waals surface area (Å²) in [5.41, 5.74) is 1.90. The van der Waals surface area contributed by atoms with Crippen molar-refractivity contribution < 1.29 is 9.84 Å². The van der Waals surface area contributed by atoms with Crippen molar-refractivity contribution in [2.75, 3.05) is 0 Å². The van der Waals surface area contributed by atoms with Crippen molar-refractivity contribution in [3.8, 4) is 5.75 Å². The van der Waals surface area contributed by atoms with Crippen LogP contribution in [0.1, 0.15) is 31.2 Å². The van der Waals surface area contributed by atoms with E-state index in [0.29, 0.717) is 6.61 Å². The molecule has 0 aliphatic heterocycles. The number of rotatable bonds is 5. The van der Waals surface area contributed by atoms with Crippen LogP contribution in [0.4, 0.5) is 0 Å². The van der Waals surface area contributed by atoms with Gasteiger partial charge >= 0.3 is 0 Å². The fraction of sp³-hybridized carbons (Fsp3) is 0.357. The zero-order chi connectivity index (χ0) is 13.0. The van der Waals surface area contributed by atoms with Crippen LogP contribution >= 0.6 is 0 Å². The van der Waals surface area contributed by atoms with Crippen molar-refractivity contribution in [1.82, 2.24) is 9.55 Å². The Bertz CT molecular complexity index is 506. The molecule has 1 N–H and O–H groups in total. The number of imidazole rings is 1. The maximum absolute atomic E-state index is 9.51. The van der Waals surface area contributed by atoms with Gasteiger partial charge in [-0.2, -0.15) is 0 Å². The molecule has 0 aliphatic carbocycles. The molecule has 18 heavy (non-hydrogen) atoms. The fourth-order valence-electron chi connectivity index (χ4n) is 1.77. The molecule has 1 aromatic heterocycles. The predicted molar refractivity (Wildman–Crippen MR) is 69.3 cm³/mol. The molecule has 0 aliphatic rings. The lowest BCUT2D eigenvalue weighted by Crippen LogP contribution is -2.04. The number of hydrogen-bond acceptors (Lipinski definition) is 3. The van der Waals surface area contributed by atoms with E-state index >= 15 is 0 Å². The molecule has 4 heteroatoms. The second-order valence-corrected chi connectivity index (χ2v) is 4.21. The van der Waals surface area contributed by atoms with Gasteiger partial charge in [-0.15, -0.1) is 0 Å². The maximum atomic E-state index is 9.51. The molecule has 2 aromatic rings. The second kappa shape index (κ2) is 5.69. The molecule has 0 radical (unpaired) electrons. The van der Waals surface area contributed by atoms with Crippen LogP contribution in [0.5, 0.6) is 5.75 Å². The number of aryl methyl sites for hydroxylation is 1. The van der Waals surface area contributed by atoms with E-state index in [-0.39, 0.29) is 0 Å². The Hall–Kier alpha value is -1.81. The summed E-state index contributed by atoms with van der Waals surface area (Å²) in [6, 6.07) is 7.51. The molecule has 1 aromatic carbocycles. The van der Waals surface area contributed by atoms with Crippen molar-refractivity contribution in [2.45, 2.75) is 33.1 Å². The van der Waals surface area contributed by atoms with Gasteiger partial charge in [0.2, 0.25) is 0 Å². The summed E-state index contributed by atoms with van der Waals surface area (Å²) >= 11 is 0. The topological polar surface area (TPSA) is 47.3 Å². The van der Waals surface area contributed by atoms with Crippen LogP contribution < -0.4 is 4.74 Å². The van der Waals surface area contributed by atoms with Crippen molar-refractivity contribution in [3.05, 3.63) is 48.0 Å². The highest BCUT2D eigenvalue weighted by Crippen LogP contribution is 2.19. The summed E-state index contributed by atoms with van der Waals surface area (Å²) in [5, 5.41) is 9.51. The third-order valence-corrected chi connectivity index (χ3v) is 2.87. The first-order valence-corrected chi connectivity index (χ1v) is 6.10. The third kappa shape index (κ3) is 2.90. The smallest absolute Gasteiger partial charge is 0.130 e. The summed E-state index contributed by atoms with van der Waals surface area (Å²) in [4.78, 5) is 4.09. The molecule has 0 saturated heterocycles. The molecule has 0 fully saturated rings. The lowest BCUT2D eigenvalue weighted by molar-refractivity contribution is 0.198. The van der Waals surface area contributed by atoms with Crippen LogP contribution in [0.2, 0.25) is 0 Å². The zero-order valence-electron chi connectivity index (χ0n) is 10.7. The van der Waals surface area contributed by atoms with Gasteiger partial charge in [-0.25, -0.2) is 4.98 Å². The molecule has 0 amide bonds. The highest BCUT2D eigenvalue weighted by Gasteiger charge is 2.04. The van der Waals surface area contributed by atoms with E-state index in [1.165, 1.54) is 0 Å². The largest absolute Gasteiger partial charge is 0.487 e. The molecule has 2 rings (SSSR count). The standard InChI is InChI=1S/C14H18N2O2/c1-3-16-10-15-8-13(16)9-18-14-6-4-5-12(7-14)11(2)17/h4-8,10-11,17H,3,9H2,1-2H3. The lowest BCUT2D eigenvalue weighted by Gasteiger charge is -2.10. The summed E-state index contributed by atoms with van der Waals surface area (Å²) in [6.45, 7) is 5.17. The first kappa shape index (κ1) is 12.6. The van der Waals surface area contributed by atoms with Crippen LogP contribution in [-0.4, -0.2) is 14.7 Å². The van der Waals surface area contributed by atoms with Crippen molar-refractivity contribution in [2.24, 2.45) is 0 Å². The van der Waals surface area contributed by atoms with E-state index in [2.05, 4.69) is 11.9 Å². The van der Waals surface area contributed by atoms with E-state index in [4.69, 9.17) is 4.74 Å². The van der Waals surface area contributed by atoms with Gasteiger partial charge in [0.1, 0.15) is 12.4 Å². The SMILES string of the molecule is CCn1cncc1COc1cccc(C(C)O)c1. The van der Waals surface area contributed by atoms with Crippen molar-refractivity contribution in [1.29, 1.82) is 0 Å². The highest BCUT2D eigenvalue weighted by atomic mass is 16.5. The zero-order valence-corrected chi connectivity index (χ0v) is 10.7. The molecule has 96 valence electrons. The quantitative estimate of drug-likeness (QED) is 0.882. The minimum Gasteiger partial charge on any atom is -0.487 e. The Balaban J connectivity index is 2.04. The number of ether oxygens (including phenoxy) is 1. The lowest BCUT2D eigenvalue weighted by atomic mass is 10.1. The van der Waals surface area contributed by atoms with Gasteiger partial charge in [0.25, 0.3) is 0 Å². The van der Waals surface area contributed by atoms with Crippen LogP contribution in [0, 0.1) is 0 Å². The minimum absolute atomic E-state index is 0.477. The minimum atomic E-state index is -0.477. The summed E-state index contributed by atoms with van der Waals surface area (Å²) in [6.07, 6.45) is 3.13. The monoisotopic (exact) mass is 246 g/mol. The molecule has 1 unspecified atom stereocenters. The van der Waals surface area contributed by atoms with Crippen molar-refractivity contribution >= 4 is 0 Å². The Morgan fingerprint density at radius 2 is 2.28 bits per heavy atom. The van der Waals surface area contributed by atoms with Gasteiger partial charge in [-0.1, -0.05) is 12.1 Å². The van der Waals surface area contributed by atoms with Gasteiger partial charge in [-0.3, -0.25) is 0 Å². The number of aliphatic hydroxyl groups is 1. The Morgan fingerprint density at radius 3 is 3.00 bits per heavy atom. The fourth-order valence-corrected chi connectivity index (χ4v) is 1.77. The molecular formula is C14H18N2O2. The number of aromatic nitrogens is 2. The number of hydrogen-bond donors (Lipinski definition) is 1. The molecule has 0 saturated carbocycles. The van der Waals surface area contributed by atoms with Gasteiger partial charge in [0, 0.05) is 6.54 Å². The Labute approximate surface area is 107 Å². The number of nitrogens with zero attached hydrogens (tertiary/aromatic N) is 2. The van der Waals surface area contributed by atoms with Gasteiger partial charge in [0.15, 0.2) is 0 Å².